The first-order valence-electron chi connectivity index (χ1n) is 14.5. The first kappa shape index (κ1) is 27.9. The molecule has 210 valence electrons. The maximum atomic E-state index is 6.68. The second-order valence-corrected chi connectivity index (χ2v) is 17.5. The molecular formula is C31H45N5O2Si. The average Bonchev–Trinajstić information content (AvgIpc) is 2.90. The molecule has 0 unspecified atom stereocenters. The highest BCUT2D eigenvalue weighted by atomic mass is 28.4. The predicted octanol–water partition coefficient (Wildman–Crippen LogP) is 6.84. The molecule has 5 rings (SSSR count). The van der Waals surface area contributed by atoms with Gasteiger partial charge in [0.25, 0.3) is 0 Å². The Kier molecular flexibility index (Phi) is 8.17. The van der Waals surface area contributed by atoms with E-state index in [0.29, 0.717) is 12.1 Å². The zero-order valence-electron chi connectivity index (χ0n) is 24.5. The van der Waals surface area contributed by atoms with E-state index in [1.165, 1.54) is 5.69 Å². The predicted molar refractivity (Wildman–Crippen MR) is 164 cm³/mol. The Morgan fingerprint density at radius 3 is 2.23 bits per heavy atom. The third kappa shape index (κ3) is 6.73. The van der Waals surface area contributed by atoms with Gasteiger partial charge < -0.3 is 24.3 Å². The summed E-state index contributed by atoms with van der Waals surface area (Å²) < 4.78 is 13.2. The van der Waals surface area contributed by atoms with Crippen molar-refractivity contribution in [3.8, 4) is 5.75 Å². The second kappa shape index (κ2) is 11.4. The topological polar surface area (TPSA) is 62.8 Å². The van der Waals surface area contributed by atoms with Crippen LogP contribution in [0.1, 0.15) is 46.5 Å². The van der Waals surface area contributed by atoms with Crippen molar-refractivity contribution >= 4 is 36.5 Å². The molecule has 0 bridgehead atoms. The summed E-state index contributed by atoms with van der Waals surface area (Å²) >= 11 is 0. The van der Waals surface area contributed by atoms with Crippen molar-refractivity contribution in [1.82, 2.24) is 14.9 Å². The summed E-state index contributed by atoms with van der Waals surface area (Å²) in [7, 11) is 0.434. The van der Waals surface area contributed by atoms with E-state index in [-0.39, 0.29) is 11.1 Å². The summed E-state index contributed by atoms with van der Waals surface area (Å²) in [6, 6.07) is 14.7. The molecule has 2 heterocycles. The fourth-order valence-electron chi connectivity index (χ4n) is 5.17. The van der Waals surface area contributed by atoms with Crippen molar-refractivity contribution in [2.24, 2.45) is 0 Å². The SMILES string of the molecule is CN1CCN(c2ccc(Nc3ncc4cccc(OC5CCC(O[Si](C)(C)C(C)(C)C)CC5)c4n3)cc2)CC1. The van der Waals surface area contributed by atoms with E-state index in [2.05, 4.69) is 85.3 Å². The van der Waals surface area contributed by atoms with Gasteiger partial charge in [-0.3, -0.25) is 0 Å². The summed E-state index contributed by atoms with van der Waals surface area (Å²) in [5.74, 6) is 1.41. The summed E-state index contributed by atoms with van der Waals surface area (Å²) in [5.41, 5.74) is 3.09. The lowest BCUT2D eigenvalue weighted by Gasteiger charge is -2.41. The fraction of sp³-hybridized carbons (Fsp3) is 0.548. The smallest absolute Gasteiger partial charge is 0.227 e. The highest BCUT2D eigenvalue weighted by molar-refractivity contribution is 6.74. The second-order valence-electron chi connectivity index (χ2n) is 12.7. The number of benzene rings is 2. The lowest BCUT2D eigenvalue weighted by molar-refractivity contribution is 0.0732. The van der Waals surface area contributed by atoms with Gasteiger partial charge in [-0.1, -0.05) is 32.9 Å². The Morgan fingerprint density at radius 1 is 0.897 bits per heavy atom. The lowest BCUT2D eigenvalue weighted by Crippen LogP contribution is -2.45. The standard InChI is InChI=1S/C31H45N5O2Si/c1-31(2,3)39(5,6)38-27-16-14-26(15-17-27)37-28-9-7-8-23-22-32-30(34-29(23)28)33-24-10-12-25(13-11-24)36-20-18-35(4)19-21-36/h7-13,22,26-27H,14-21H2,1-6H3,(H,32,33,34). The molecule has 0 spiro atoms. The van der Waals surface area contributed by atoms with Crippen LogP contribution in [-0.2, 0) is 4.43 Å². The first-order valence-corrected chi connectivity index (χ1v) is 17.4. The minimum atomic E-state index is -1.75. The number of hydrogen-bond donors (Lipinski definition) is 1. The molecule has 1 aliphatic carbocycles. The number of aromatic nitrogens is 2. The van der Waals surface area contributed by atoms with Crippen molar-refractivity contribution < 1.29 is 9.16 Å². The van der Waals surface area contributed by atoms with Crippen molar-refractivity contribution in [3.05, 3.63) is 48.7 Å². The average molecular weight is 548 g/mol. The van der Waals surface area contributed by atoms with Crippen molar-refractivity contribution in [2.45, 2.75) is 76.8 Å². The lowest BCUT2D eigenvalue weighted by atomic mass is 9.95. The normalized spacial score (nSPS) is 21.2. The number of ether oxygens (including phenoxy) is 1. The molecule has 0 amide bonds. The summed E-state index contributed by atoms with van der Waals surface area (Å²) in [6.45, 7) is 15.9. The zero-order chi connectivity index (χ0) is 27.6. The molecule has 2 aromatic carbocycles. The maximum Gasteiger partial charge on any atom is 0.227 e. The van der Waals surface area contributed by atoms with E-state index in [9.17, 15) is 0 Å². The van der Waals surface area contributed by atoms with Crippen LogP contribution in [0.4, 0.5) is 17.3 Å². The fourth-order valence-corrected chi connectivity index (χ4v) is 6.60. The maximum absolute atomic E-state index is 6.68. The van der Waals surface area contributed by atoms with Gasteiger partial charge >= 0.3 is 0 Å². The van der Waals surface area contributed by atoms with Crippen LogP contribution in [0, 0.1) is 0 Å². The number of nitrogens with one attached hydrogen (secondary N) is 1. The van der Waals surface area contributed by atoms with E-state index in [0.717, 1.165) is 74.2 Å². The van der Waals surface area contributed by atoms with Crippen LogP contribution in [0.5, 0.6) is 5.75 Å². The van der Waals surface area contributed by atoms with Crippen LogP contribution < -0.4 is 15.0 Å². The van der Waals surface area contributed by atoms with Crippen molar-refractivity contribution in [2.75, 3.05) is 43.4 Å². The molecular weight excluding hydrogens is 502 g/mol. The molecule has 0 atom stereocenters. The molecule has 2 fully saturated rings. The highest BCUT2D eigenvalue weighted by Crippen LogP contribution is 2.39. The van der Waals surface area contributed by atoms with Crippen molar-refractivity contribution in [3.63, 3.8) is 0 Å². The van der Waals surface area contributed by atoms with Gasteiger partial charge in [-0.15, -0.1) is 0 Å². The van der Waals surface area contributed by atoms with Crippen molar-refractivity contribution in [1.29, 1.82) is 0 Å². The molecule has 39 heavy (non-hydrogen) atoms. The molecule has 1 aliphatic heterocycles. The minimum absolute atomic E-state index is 0.184. The Morgan fingerprint density at radius 2 is 1.56 bits per heavy atom. The van der Waals surface area contributed by atoms with Crippen LogP contribution in [0.25, 0.3) is 10.9 Å². The third-order valence-corrected chi connectivity index (χ3v) is 13.3. The number of piperazine rings is 1. The van der Waals surface area contributed by atoms with Crippen LogP contribution in [-0.4, -0.2) is 68.6 Å². The molecule has 1 aromatic heterocycles. The molecule has 3 aromatic rings. The Bertz CT molecular complexity index is 1240. The zero-order valence-corrected chi connectivity index (χ0v) is 25.5. The molecule has 1 saturated carbocycles. The first-order chi connectivity index (χ1) is 18.6. The monoisotopic (exact) mass is 547 g/mol. The number of para-hydroxylation sites is 1. The van der Waals surface area contributed by atoms with Gasteiger partial charge in [-0.2, -0.15) is 0 Å². The number of anilines is 3. The number of rotatable bonds is 7. The van der Waals surface area contributed by atoms with Gasteiger partial charge in [-0.05, 0) is 81.2 Å². The van der Waals surface area contributed by atoms with Crippen LogP contribution in [0.2, 0.25) is 18.1 Å². The Balaban J connectivity index is 1.22. The molecule has 8 heteroatoms. The summed E-state index contributed by atoms with van der Waals surface area (Å²) in [4.78, 5) is 14.2. The van der Waals surface area contributed by atoms with E-state index in [1.54, 1.807) is 0 Å². The third-order valence-electron chi connectivity index (χ3n) is 8.75. The number of likely N-dealkylation sites (N-methyl/N-ethyl adjacent to an activating group) is 1. The number of fused-ring (bicyclic) bond motifs is 1. The van der Waals surface area contributed by atoms with E-state index >= 15 is 0 Å². The number of hydrogen-bond acceptors (Lipinski definition) is 7. The molecule has 1 saturated heterocycles. The summed E-state index contributed by atoms with van der Waals surface area (Å²) in [5, 5.41) is 4.61. The van der Waals surface area contributed by atoms with Gasteiger partial charge in [-0.25, -0.2) is 9.97 Å². The van der Waals surface area contributed by atoms with Gasteiger partial charge in [0.05, 0.1) is 6.10 Å². The molecule has 2 aliphatic rings. The van der Waals surface area contributed by atoms with Gasteiger partial charge in [0, 0.05) is 55.2 Å². The van der Waals surface area contributed by atoms with Gasteiger partial charge in [0.2, 0.25) is 5.95 Å². The number of nitrogens with zero attached hydrogens (tertiary/aromatic N) is 4. The van der Waals surface area contributed by atoms with E-state index in [4.69, 9.17) is 14.1 Å². The highest BCUT2D eigenvalue weighted by Gasteiger charge is 2.40. The summed E-state index contributed by atoms with van der Waals surface area (Å²) in [6.07, 6.45) is 6.51. The van der Waals surface area contributed by atoms with Crippen LogP contribution in [0.3, 0.4) is 0 Å². The Hall–Kier alpha value is -2.68. The van der Waals surface area contributed by atoms with E-state index in [1.807, 2.05) is 24.4 Å². The largest absolute Gasteiger partial charge is 0.488 e. The quantitative estimate of drug-likeness (QED) is 0.325. The van der Waals surface area contributed by atoms with Crippen LogP contribution >= 0.6 is 0 Å². The van der Waals surface area contributed by atoms with Gasteiger partial charge in [0.15, 0.2) is 8.32 Å². The Labute approximate surface area is 235 Å². The molecule has 0 radical (unpaired) electrons. The minimum Gasteiger partial charge on any atom is -0.488 e. The van der Waals surface area contributed by atoms with Gasteiger partial charge in [0.1, 0.15) is 11.3 Å². The van der Waals surface area contributed by atoms with E-state index < -0.39 is 8.32 Å². The molecule has 7 nitrogen and oxygen atoms in total. The van der Waals surface area contributed by atoms with Crippen LogP contribution in [0.15, 0.2) is 48.7 Å². The molecule has 1 N–H and O–H groups in total.